The van der Waals surface area contributed by atoms with Crippen LogP contribution in [0.25, 0.3) is 0 Å². The lowest BCUT2D eigenvalue weighted by Crippen LogP contribution is -2.12. The molecule has 0 fully saturated rings. The van der Waals surface area contributed by atoms with Gasteiger partial charge in [0.25, 0.3) is 0 Å². The Bertz CT molecular complexity index is 355. The van der Waals surface area contributed by atoms with E-state index in [0.29, 0.717) is 6.54 Å². The zero-order chi connectivity index (χ0) is 12.6. The molecule has 0 heterocycles. The van der Waals surface area contributed by atoms with E-state index in [4.69, 9.17) is 6.42 Å². The van der Waals surface area contributed by atoms with E-state index in [2.05, 4.69) is 24.4 Å². The summed E-state index contributed by atoms with van der Waals surface area (Å²) in [5.74, 6) is 1.91. The van der Waals surface area contributed by atoms with E-state index < -0.39 is 0 Å². The van der Waals surface area contributed by atoms with Crippen molar-refractivity contribution in [1.82, 2.24) is 5.32 Å². The first-order valence-electron chi connectivity index (χ1n) is 5.06. The van der Waals surface area contributed by atoms with Gasteiger partial charge in [0.1, 0.15) is 5.83 Å². The van der Waals surface area contributed by atoms with Crippen LogP contribution in [0, 0.1) is 18.3 Å². The summed E-state index contributed by atoms with van der Waals surface area (Å²) in [6.45, 7) is 11.6. The average molecular weight is 219 g/mol. The molecule has 0 saturated heterocycles. The maximum atomic E-state index is 13.1. The quantitative estimate of drug-likeness (QED) is 0.533. The van der Waals surface area contributed by atoms with Crippen molar-refractivity contribution < 1.29 is 4.39 Å². The molecule has 0 aliphatic heterocycles. The number of nitrogens with one attached hydrogen (secondary N) is 1. The third-order valence-corrected chi connectivity index (χ3v) is 1.90. The maximum absolute atomic E-state index is 13.1. The van der Waals surface area contributed by atoms with Crippen molar-refractivity contribution >= 4 is 0 Å². The number of halogens is 1. The minimum absolute atomic E-state index is 0.192. The highest BCUT2D eigenvalue weighted by molar-refractivity contribution is 5.22. The fourth-order valence-corrected chi connectivity index (χ4v) is 0.847. The van der Waals surface area contributed by atoms with Crippen LogP contribution < -0.4 is 5.32 Å². The van der Waals surface area contributed by atoms with Gasteiger partial charge in [-0.15, -0.1) is 6.42 Å². The molecule has 0 rings (SSSR count). The average Bonchev–Trinajstić information content (AvgIpc) is 2.23. The molecule has 2 heteroatoms. The van der Waals surface area contributed by atoms with Crippen molar-refractivity contribution in [3.63, 3.8) is 0 Å². The summed E-state index contributed by atoms with van der Waals surface area (Å²) in [5, 5.41) is 2.99. The van der Waals surface area contributed by atoms with Crippen LogP contribution in [0.15, 0.2) is 48.5 Å². The first-order chi connectivity index (χ1) is 7.47. The van der Waals surface area contributed by atoms with E-state index in [-0.39, 0.29) is 11.7 Å². The molecule has 0 aromatic rings. The van der Waals surface area contributed by atoms with Crippen molar-refractivity contribution in [2.45, 2.75) is 13.8 Å². The van der Waals surface area contributed by atoms with Crippen LogP contribution in [0.3, 0.4) is 0 Å². The van der Waals surface area contributed by atoms with E-state index in [9.17, 15) is 4.39 Å². The van der Waals surface area contributed by atoms with Gasteiger partial charge >= 0.3 is 0 Å². The fourth-order valence-electron chi connectivity index (χ4n) is 0.847. The predicted octanol–water partition coefficient (Wildman–Crippen LogP) is 3.34. The molecule has 1 unspecified atom stereocenters. The fraction of sp³-hybridized carbons (Fsp3) is 0.286. The van der Waals surface area contributed by atoms with Crippen LogP contribution in [0.5, 0.6) is 0 Å². The Morgan fingerprint density at radius 1 is 1.56 bits per heavy atom. The molecule has 1 N–H and O–H groups in total. The van der Waals surface area contributed by atoms with Gasteiger partial charge in [-0.1, -0.05) is 25.2 Å². The molecule has 86 valence electrons. The van der Waals surface area contributed by atoms with Crippen LogP contribution in [0.2, 0.25) is 0 Å². The van der Waals surface area contributed by atoms with Gasteiger partial charge in [-0.25, -0.2) is 4.39 Å². The molecule has 0 saturated carbocycles. The van der Waals surface area contributed by atoms with Crippen molar-refractivity contribution in [3.8, 4) is 12.3 Å². The molecule has 0 radical (unpaired) electrons. The van der Waals surface area contributed by atoms with Crippen LogP contribution in [-0.2, 0) is 0 Å². The number of terminal acetylenes is 1. The summed E-state index contributed by atoms with van der Waals surface area (Å²) in [6, 6.07) is 0. The monoisotopic (exact) mass is 219 g/mol. The largest absolute Gasteiger partial charge is 0.382 e. The summed E-state index contributed by atoms with van der Waals surface area (Å²) >= 11 is 0. The van der Waals surface area contributed by atoms with Gasteiger partial charge < -0.3 is 5.32 Å². The molecule has 0 bridgehead atoms. The molecule has 0 aromatic heterocycles. The van der Waals surface area contributed by atoms with Crippen molar-refractivity contribution in [1.29, 1.82) is 0 Å². The minimum atomic E-state index is -0.326. The van der Waals surface area contributed by atoms with Gasteiger partial charge in [-0.3, -0.25) is 0 Å². The topological polar surface area (TPSA) is 12.0 Å². The highest BCUT2D eigenvalue weighted by Gasteiger charge is 1.94. The molecular formula is C14H18FN. The standard InChI is InChI=1S/C14H18FN/c1-6-12(4)10-14(15)8-7-9-16-13(5)11(2)3/h1,7-8,10,12,16H,2,5,9H2,3-4H3/b8-7-,14-10+. The Hall–Kier alpha value is -1.75. The lowest BCUT2D eigenvalue weighted by molar-refractivity contribution is 0.653. The van der Waals surface area contributed by atoms with Gasteiger partial charge in [0.2, 0.25) is 0 Å². The van der Waals surface area contributed by atoms with E-state index >= 15 is 0 Å². The van der Waals surface area contributed by atoms with E-state index in [1.54, 1.807) is 13.0 Å². The minimum Gasteiger partial charge on any atom is -0.382 e. The number of hydrogen-bond donors (Lipinski definition) is 1. The van der Waals surface area contributed by atoms with Crippen LogP contribution in [0.4, 0.5) is 4.39 Å². The lowest BCUT2D eigenvalue weighted by atomic mass is 10.2. The van der Waals surface area contributed by atoms with Crippen molar-refractivity contribution in [3.05, 3.63) is 48.5 Å². The second kappa shape index (κ2) is 7.53. The molecule has 0 aliphatic rings. The molecule has 1 atom stereocenters. The van der Waals surface area contributed by atoms with Crippen molar-refractivity contribution in [2.75, 3.05) is 6.54 Å². The Balaban J connectivity index is 4.03. The second-order valence-corrected chi connectivity index (χ2v) is 3.55. The summed E-state index contributed by atoms with van der Waals surface area (Å²) in [7, 11) is 0. The van der Waals surface area contributed by atoms with Crippen LogP contribution in [-0.4, -0.2) is 6.54 Å². The van der Waals surface area contributed by atoms with Gasteiger partial charge in [0, 0.05) is 18.2 Å². The molecular weight excluding hydrogens is 201 g/mol. The van der Waals surface area contributed by atoms with Crippen molar-refractivity contribution in [2.24, 2.45) is 5.92 Å². The van der Waals surface area contributed by atoms with E-state index in [0.717, 1.165) is 11.3 Å². The summed E-state index contributed by atoms with van der Waals surface area (Å²) in [4.78, 5) is 0. The Morgan fingerprint density at radius 2 is 2.19 bits per heavy atom. The highest BCUT2D eigenvalue weighted by atomic mass is 19.1. The lowest BCUT2D eigenvalue weighted by Gasteiger charge is -2.05. The normalized spacial score (nSPS) is 13.2. The van der Waals surface area contributed by atoms with Crippen LogP contribution in [0.1, 0.15) is 13.8 Å². The third kappa shape index (κ3) is 6.67. The first-order valence-corrected chi connectivity index (χ1v) is 5.06. The zero-order valence-corrected chi connectivity index (χ0v) is 9.89. The summed E-state index contributed by atoms with van der Waals surface area (Å²) in [6.07, 6.45) is 9.57. The SMILES string of the molecule is C#CC(C)/C=C(F)\C=C/CNC(=C)C(=C)C. The first kappa shape index (κ1) is 14.2. The number of hydrogen-bond acceptors (Lipinski definition) is 1. The van der Waals surface area contributed by atoms with Crippen LogP contribution >= 0.6 is 0 Å². The van der Waals surface area contributed by atoms with Gasteiger partial charge in [0.05, 0.1) is 0 Å². The molecule has 16 heavy (non-hydrogen) atoms. The maximum Gasteiger partial charge on any atom is 0.120 e. The predicted molar refractivity (Wildman–Crippen MR) is 68.3 cm³/mol. The Kier molecular flexibility index (Phi) is 6.71. The second-order valence-electron chi connectivity index (χ2n) is 3.55. The van der Waals surface area contributed by atoms with Gasteiger partial charge in [-0.2, -0.15) is 0 Å². The Labute approximate surface area is 97.4 Å². The third-order valence-electron chi connectivity index (χ3n) is 1.90. The molecule has 0 spiro atoms. The zero-order valence-electron chi connectivity index (χ0n) is 9.89. The Morgan fingerprint density at radius 3 is 2.69 bits per heavy atom. The molecule has 0 amide bonds. The summed E-state index contributed by atoms with van der Waals surface area (Å²) in [5.41, 5.74) is 1.62. The van der Waals surface area contributed by atoms with Gasteiger partial charge in [-0.05, 0) is 31.6 Å². The van der Waals surface area contributed by atoms with Gasteiger partial charge in [0.15, 0.2) is 0 Å². The molecule has 1 nitrogen and oxygen atoms in total. The smallest absolute Gasteiger partial charge is 0.120 e. The highest BCUT2D eigenvalue weighted by Crippen LogP contribution is 2.05. The number of rotatable bonds is 6. The summed E-state index contributed by atoms with van der Waals surface area (Å²) < 4.78 is 13.1. The molecule has 0 aromatic carbocycles. The van der Waals surface area contributed by atoms with E-state index in [1.807, 2.05) is 6.92 Å². The number of allylic oxidation sites excluding steroid dienone is 4. The molecule has 0 aliphatic carbocycles. The van der Waals surface area contributed by atoms with E-state index in [1.165, 1.54) is 12.2 Å².